The highest BCUT2D eigenvalue weighted by atomic mass is 16.5. The number of aromatic nitrogens is 2. The Morgan fingerprint density at radius 1 is 1.00 bits per heavy atom. The fourth-order valence-electron chi connectivity index (χ4n) is 6.72. The molecule has 12 nitrogen and oxygen atoms in total. The van der Waals surface area contributed by atoms with Crippen LogP contribution in [0.1, 0.15) is 51.0 Å². The van der Waals surface area contributed by atoms with Crippen LogP contribution in [-0.2, 0) is 20.9 Å². The van der Waals surface area contributed by atoms with Gasteiger partial charge >= 0.3 is 18.0 Å². The normalized spacial score (nSPS) is 23.9. The Bertz CT molecular complexity index is 1680. The largest absolute Gasteiger partial charge is 0.497 e. The van der Waals surface area contributed by atoms with Crippen molar-refractivity contribution >= 4 is 17.9 Å². The molecule has 1 N–H and O–H groups in total. The van der Waals surface area contributed by atoms with Gasteiger partial charge in [-0.15, -0.1) is 0 Å². The Morgan fingerprint density at radius 2 is 1.80 bits per heavy atom. The number of amides is 3. The summed E-state index contributed by atoms with van der Waals surface area (Å²) in [4.78, 5) is 54.3. The minimum absolute atomic E-state index is 0.137. The summed E-state index contributed by atoms with van der Waals surface area (Å²) in [6.07, 6.45) is 7.70. The Morgan fingerprint density at radius 3 is 2.54 bits per heavy atom. The summed E-state index contributed by atoms with van der Waals surface area (Å²) in [6.45, 7) is 2.96. The molecule has 264 valence electrons. The van der Waals surface area contributed by atoms with E-state index in [0.29, 0.717) is 25.2 Å². The molecule has 50 heavy (non-hydrogen) atoms. The van der Waals surface area contributed by atoms with E-state index in [2.05, 4.69) is 21.4 Å². The summed E-state index contributed by atoms with van der Waals surface area (Å²) in [5.41, 5.74) is 1.25. The summed E-state index contributed by atoms with van der Waals surface area (Å²) in [7, 11) is 3.10. The Hall–Kier alpha value is -5.13. The second-order valence-corrected chi connectivity index (χ2v) is 12.9. The molecule has 1 saturated carbocycles. The molecule has 0 radical (unpaired) electrons. The van der Waals surface area contributed by atoms with E-state index in [1.54, 1.807) is 29.9 Å². The first kappa shape index (κ1) is 34.7. The number of carbonyl (C=O) groups excluding carboxylic acids is 3. The van der Waals surface area contributed by atoms with Gasteiger partial charge in [-0.3, -0.25) is 4.79 Å². The van der Waals surface area contributed by atoms with Gasteiger partial charge in [0.25, 0.3) is 0 Å². The molecule has 1 saturated heterocycles. The second kappa shape index (κ2) is 15.6. The van der Waals surface area contributed by atoms with Crippen molar-refractivity contribution in [2.45, 2.75) is 69.7 Å². The monoisotopic (exact) mass is 683 g/mol. The first-order chi connectivity index (χ1) is 24.3. The van der Waals surface area contributed by atoms with Crippen LogP contribution in [-0.4, -0.2) is 89.3 Å². The first-order valence-electron chi connectivity index (χ1n) is 17.3. The van der Waals surface area contributed by atoms with Crippen molar-refractivity contribution in [1.82, 2.24) is 25.1 Å². The molecule has 3 heterocycles. The molecule has 1 aromatic heterocycles. The first-order valence-corrected chi connectivity index (χ1v) is 17.3. The maximum absolute atomic E-state index is 14.5. The molecule has 2 fully saturated rings. The number of methoxy groups -OCH3 is 2. The fourth-order valence-corrected chi connectivity index (χ4v) is 6.72. The lowest BCUT2D eigenvalue weighted by molar-refractivity contribution is -0.149. The molecular formula is C38H45N5O7. The second-order valence-electron chi connectivity index (χ2n) is 12.9. The number of rotatable bonds is 9. The van der Waals surface area contributed by atoms with Crippen LogP contribution in [0.3, 0.4) is 0 Å². The van der Waals surface area contributed by atoms with Gasteiger partial charge in [-0.05, 0) is 50.3 Å². The smallest absolute Gasteiger partial charge is 0.332 e. The quantitative estimate of drug-likeness (QED) is 0.240. The number of allylic oxidation sites excluding steroid dienone is 1. The average Bonchev–Trinajstić information content (AvgIpc) is 3.67. The van der Waals surface area contributed by atoms with E-state index in [4.69, 9.17) is 18.9 Å². The molecule has 1 aliphatic carbocycles. The third kappa shape index (κ3) is 7.85. The minimum atomic E-state index is -1.16. The van der Waals surface area contributed by atoms with Crippen LogP contribution in [0.5, 0.6) is 17.6 Å². The Labute approximate surface area is 292 Å². The summed E-state index contributed by atoms with van der Waals surface area (Å²) in [5, 5.41) is 3.03. The molecule has 0 bridgehead atoms. The van der Waals surface area contributed by atoms with E-state index in [1.165, 1.54) is 7.11 Å². The molecule has 0 spiro atoms. The number of hydrogen-bond acceptors (Lipinski definition) is 9. The van der Waals surface area contributed by atoms with Gasteiger partial charge in [0.05, 0.1) is 33.1 Å². The van der Waals surface area contributed by atoms with Crippen LogP contribution in [0.4, 0.5) is 4.79 Å². The molecule has 6 rings (SSSR count). The zero-order valence-corrected chi connectivity index (χ0v) is 28.9. The third-order valence-corrected chi connectivity index (χ3v) is 9.50. The molecule has 12 heteroatoms. The van der Waals surface area contributed by atoms with E-state index in [1.807, 2.05) is 60.7 Å². The average molecular weight is 684 g/mol. The molecule has 2 aromatic carbocycles. The summed E-state index contributed by atoms with van der Waals surface area (Å²) in [5.74, 6) is -0.0600. The van der Waals surface area contributed by atoms with Crippen molar-refractivity contribution in [3.63, 3.8) is 0 Å². The lowest BCUT2D eigenvalue weighted by Gasteiger charge is -2.32. The van der Waals surface area contributed by atoms with Gasteiger partial charge in [0.2, 0.25) is 11.8 Å². The standard InChI is InChI=1S/C38H45N5O7/c1-4-49-35(45)38-23-28(38)15-11-6-5-7-12-20-42(24-26-16-18-29(47-2)19-17-26)37(46)43-25-30(21-32(43)34(44)41-38)50-33-22-31(39-36(40-33)48-3)27-13-9-8-10-14-27/h8-11,13-19,22,28,30,32H,4-7,12,20-21,23-25H2,1-3H3,(H,41,44). The maximum atomic E-state index is 14.5. The SMILES string of the molecule is CCOC(=O)C12CC1C=CCCCCCN(Cc1ccc(OC)cc1)C(=O)N1CC(Oc3cc(-c4ccccc4)nc(OC)n3)CC1C(=O)N2. The van der Waals surface area contributed by atoms with Gasteiger partial charge in [-0.2, -0.15) is 9.97 Å². The van der Waals surface area contributed by atoms with Gasteiger partial charge in [-0.25, -0.2) is 9.59 Å². The van der Waals surface area contributed by atoms with Crippen molar-refractivity contribution in [1.29, 1.82) is 0 Å². The van der Waals surface area contributed by atoms with Gasteiger partial charge < -0.3 is 34.1 Å². The number of benzene rings is 2. The van der Waals surface area contributed by atoms with Gasteiger partial charge in [-0.1, -0.05) is 61.0 Å². The number of nitrogens with zero attached hydrogens (tertiary/aromatic N) is 4. The van der Waals surface area contributed by atoms with E-state index in [-0.39, 0.29) is 43.4 Å². The predicted molar refractivity (Wildman–Crippen MR) is 186 cm³/mol. The number of ether oxygens (including phenoxy) is 4. The van der Waals surface area contributed by atoms with E-state index >= 15 is 0 Å². The van der Waals surface area contributed by atoms with E-state index in [9.17, 15) is 14.4 Å². The Kier molecular flexibility index (Phi) is 10.8. The number of hydrogen-bond donors (Lipinski definition) is 1. The predicted octanol–water partition coefficient (Wildman–Crippen LogP) is 5.17. The fraction of sp³-hybridized carbons (Fsp3) is 0.447. The molecule has 4 unspecified atom stereocenters. The van der Waals surface area contributed by atoms with Crippen LogP contribution in [0, 0.1) is 5.92 Å². The Balaban J connectivity index is 1.31. The summed E-state index contributed by atoms with van der Waals surface area (Å²) in [6, 6.07) is 17.9. The van der Waals surface area contributed by atoms with Crippen molar-refractivity contribution in [3.8, 4) is 28.9 Å². The molecule has 3 aliphatic rings. The molecule has 3 aromatic rings. The van der Waals surface area contributed by atoms with E-state index in [0.717, 1.165) is 42.6 Å². The summed E-state index contributed by atoms with van der Waals surface area (Å²) >= 11 is 0. The highest BCUT2D eigenvalue weighted by Gasteiger charge is 2.62. The summed E-state index contributed by atoms with van der Waals surface area (Å²) < 4.78 is 22.6. The molecular weight excluding hydrogens is 638 g/mol. The van der Waals surface area contributed by atoms with Crippen LogP contribution >= 0.6 is 0 Å². The van der Waals surface area contributed by atoms with Gasteiger partial charge in [0, 0.05) is 37.1 Å². The van der Waals surface area contributed by atoms with Crippen LogP contribution in [0.15, 0.2) is 72.8 Å². The van der Waals surface area contributed by atoms with Crippen molar-refractivity contribution in [2.24, 2.45) is 5.92 Å². The maximum Gasteiger partial charge on any atom is 0.332 e. The number of urea groups is 1. The number of fused-ring (bicyclic) bond motifs is 2. The number of esters is 1. The van der Waals surface area contributed by atoms with Crippen molar-refractivity contribution in [2.75, 3.05) is 33.9 Å². The van der Waals surface area contributed by atoms with E-state index < -0.39 is 29.6 Å². The van der Waals surface area contributed by atoms with Crippen LogP contribution in [0.25, 0.3) is 11.3 Å². The molecule has 4 atom stereocenters. The zero-order valence-electron chi connectivity index (χ0n) is 28.9. The van der Waals surface area contributed by atoms with Gasteiger partial charge in [0.15, 0.2) is 0 Å². The number of nitrogens with one attached hydrogen (secondary N) is 1. The van der Waals surface area contributed by atoms with Crippen LogP contribution in [0.2, 0.25) is 0 Å². The third-order valence-electron chi connectivity index (χ3n) is 9.50. The number of carbonyl (C=O) groups is 3. The lowest BCUT2D eigenvalue weighted by Crippen LogP contribution is -2.55. The molecule has 3 amide bonds. The minimum Gasteiger partial charge on any atom is -0.497 e. The highest BCUT2D eigenvalue weighted by molar-refractivity contribution is 5.95. The topological polar surface area (TPSA) is 132 Å². The highest BCUT2D eigenvalue weighted by Crippen LogP contribution is 2.46. The zero-order chi connectivity index (χ0) is 35.1. The van der Waals surface area contributed by atoms with Gasteiger partial charge in [0.1, 0.15) is 23.4 Å². The lowest BCUT2D eigenvalue weighted by atomic mass is 10.1. The molecule has 2 aliphatic heterocycles. The van der Waals surface area contributed by atoms with Crippen molar-refractivity contribution in [3.05, 3.63) is 78.4 Å². The van der Waals surface area contributed by atoms with Crippen LogP contribution < -0.4 is 19.5 Å². The van der Waals surface area contributed by atoms with Crippen molar-refractivity contribution < 1.29 is 33.3 Å².